The summed E-state index contributed by atoms with van der Waals surface area (Å²) in [6.45, 7) is 2.81. The molecular weight excluding hydrogens is 424 g/mol. The van der Waals surface area contributed by atoms with Crippen molar-refractivity contribution >= 4 is 28.8 Å². The van der Waals surface area contributed by atoms with Gasteiger partial charge in [-0.1, -0.05) is 6.07 Å². The molecule has 0 bridgehead atoms. The molecular formula is C25H22N2O4S. The van der Waals surface area contributed by atoms with E-state index < -0.39 is 17.7 Å². The van der Waals surface area contributed by atoms with Crippen LogP contribution in [0, 0.1) is 6.92 Å². The van der Waals surface area contributed by atoms with E-state index in [1.54, 1.807) is 18.3 Å². The van der Waals surface area contributed by atoms with Crippen molar-refractivity contribution in [2.24, 2.45) is 0 Å². The Bertz CT molecular complexity index is 1230. The van der Waals surface area contributed by atoms with Gasteiger partial charge in [0, 0.05) is 16.6 Å². The molecule has 32 heavy (non-hydrogen) atoms. The fourth-order valence-corrected chi connectivity index (χ4v) is 5.36. The number of aliphatic hydroxyl groups excluding tert-OH is 1. The van der Waals surface area contributed by atoms with Gasteiger partial charge in [0.1, 0.15) is 17.6 Å². The minimum Gasteiger partial charge on any atom is -0.507 e. The quantitative estimate of drug-likeness (QED) is 0.365. The average Bonchev–Trinajstić information content (AvgIpc) is 3.34. The number of likely N-dealkylation sites (tertiary alicyclic amines) is 1. The SMILES string of the molecule is Cc1ccsc1C1/C(=C(/O)c2ccc3c(c2)CCCO3)C(=O)C(=O)N1Cc1ccccn1. The Morgan fingerprint density at radius 3 is 2.88 bits per heavy atom. The Kier molecular flexibility index (Phi) is 5.27. The number of fused-ring (bicyclic) bond motifs is 1. The third kappa shape index (κ3) is 3.48. The molecule has 2 aromatic heterocycles. The summed E-state index contributed by atoms with van der Waals surface area (Å²) in [6, 6.07) is 12.2. The lowest BCUT2D eigenvalue weighted by molar-refractivity contribution is -0.140. The van der Waals surface area contributed by atoms with Crippen LogP contribution in [0.3, 0.4) is 0 Å². The zero-order valence-electron chi connectivity index (χ0n) is 17.6. The summed E-state index contributed by atoms with van der Waals surface area (Å²) in [5, 5.41) is 13.2. The number of carbonyl (C=O) groups excluding carboxylic acids is 2. The molecule has 1 amide bonds. The second-order valence-corrected chi connectivity index (χ2v) is 8.94. The number of amides is 1. The minimum atomic E-state index is -0.676. The maximum Gasteiger partial charge on any atom is 0.296 e. The van der Waals surface area contributed by atoms with Crippen LogP contribution in [0.15, 0.2) is 59.6 Å². The summed E-state index contributed by atoms with van der Waals surface area (Å²) in [7, 11) is 0. The molecule has 1 saturated heterocycles. The van der Waals surface area contributed by atoms with E-state index >= 15 is 0 Å². The molecule has 162 valence electrons. The van der Waals surface area contributed by atoms with E-state index in [1.165, 1.54) is 16.2 Å². The van der Waals surface area contributed by atoms with Gasteiger partial charge in [0.05, 0.1) is 24.4 Å². The molecule has 1 atom stereocenters. The first kappa shape index (κ1) is 20.5. The number of hydrogen-bond acceptors (Lipinski definition) is 6. The lowest BCUT2D eigenvalue weighted by Crippen LogP contribution is -2.29. The van der Waals surface area contributed by atoms with E-state index in [1.807, 2.05) is 42.6 Å². The van der Waals surface area contributed by atoms with Crippen molar-refractivity contribution in [3.05, 3.63) is 86.9 Å². The van der Waals surface area contributed by atoms with E-state index in [2.05, 4.69) is 4.98 Å². The van der Waals surface area contributed by atoms with Gasteiger partial charge in [-0.3, -0.25) is 14.6 Å². The predicted octanol–water partition coefficient (Wildman–Crippen LogP) is 4.40. The summed E-state index contributed by atoms with van der Waals surface area (Å²) in [4.78, 5) is 33.0. The Labute approximate surface area is 189 Å². The van der Waals surface area contributed by atoms with E-state index in [4.69, 9.17) is 4.74 Å². The first-order chi connectivity index (χ1) is 15.5. The van der Waals surface area contributed by atoms with Crippen molar-refractivity contribution in [2.45, 2.75) is 32.4 Å². The van der Waals surface area contributed by atoms with Crippen LogP contribution in [0.1, 0.15) is 39.7 Å². The number of Topliss-reactive ketones (excluding diaryl/α,β-unsaturated/α-hetero) is 1. The highest BCUT2D eigenvalue weighted by molar-refractivity contribution is 7.10. The molecule has 4 heterocycles. The summed E-state index contributed by atoms with van der Waals surface area (Å²) in [5.74, 6) is -0.659. The maximum atomic E-state index is 13.2. The highest BCUT2D eigenvalue weighted by Gasteiger charge is 2.47. The molecule has 5 rings (SSSR count). The first-order valence-corrected chi connectivity index (χ1v) is 11.4. The maximum absolute atomic E-state index is 13.2. The molecule has 1 unspecified atom stereocenters. The van der Waals surface area contributed by atoms with Crippen LogP contribution < -0.4 is 4.74 Å². The molecule has 2 aliphatic rings. The highest BCUT2D eigenvalue weighted by Crippen LogP contribution is 2.43. The number of pyridine rings is 1. The normalized spacial score (nSPS) is 19.7. The molecule has 1 fully saturated rings. The number of benzene rings is 1. The largest absolute Gasteiger partial charge is 0.507 e. The van der Waals surface area contributed by atoms with Gasteiger partial charge in [-0.15, -0.1) is 11.3 Å². The molecule has 0 saturated carbocycles. The Morgan fingerprint density at radius 1 is 1.25 bits per heavy atom. The van der Waals surface area contributed by atoms with Crippen molar-refractivity contribution in [3.63, 3.8) is 0 Å². The van der Waals surface area contributed by atoms with Crippen LogP contribution in [0.25, 0.3) is 5.76 Å². The van der Waals surface area contributed by atoms with E-state index in [0.29, 0.717) is 17.9 Å². The van der Waals surface area contributed by atoms with Gasteiger partial charge in [0.15, 0.2) is 0 Å². The van der Waals surface area contributed by atoms with Crippen LogP contribution in [0.4, 0.5) is 0 Å². The van der Waals surface area contributed by atoms with Crippen molar-refractivity contribution in [3.8, 4) is 5.75 Å². The number of rotatable bonds is 4. The molecule has 7 heteroatoms. The molecule has 6 nitrogen and oxygen atoms in total. The van der Waals surface area contributed by atoms with Crippen LogP contribution >= 0.6 is 11.3 Å². The summed E-state index contributed by atoms with van der Waals surface area (Å²) < 4.78 is 5.67. The number of hydrogen-bond donors (Lipinski definition) is 1. The first-order valence-electron chi connectivity index (χ1n) is 10.5. The van der Waals surface area contributed by atoms with E-state index in [9.17, 15) is 14.7 Å². The monoisotopic (exact) mass is 446 g/mol. The molecule has 0 aliphatic carbocycles. The third-order valence-corrected chi connectivity index (χ3v) is 7.00. The van der Waals surface area contributed by atoms with Crippen LogP contribution in [-0.4, -0.2) is 33.3 Å². The predicted molar refractivity (Wildman–Crippen MR) is 121 cm³/mol. The molecule has 0 spiro atoms. The second kappa shape index (κ2) is 8.24. The van der Waals surface area contributed by atoms with E-state index in [0.717, 1.165) is 34.6 Å². The summed E-state index contributed by atoms with van der Waals surface area (Å²) in [6.07, 6.45) is 3.41. The van der Waals surface area contributed by atoms with Crippen molar-refractivity contribution in [1.82, 2.24) is 9.88 Å². The number of aryl methyl sites for hydroxylation is 2. The van der Waals surface area contributed by atoms with Gasteiger partial charge < -0.3 is 14.7 Å². The van der Waals surface area contributed by atoms with Gasteiger partial charge in [0.2, 0.25) is 0 Å². The third-order valence-electron chi connectivity index (χ3n) is 5.93. The zero-order chi connectivity index (χ0) is 22.2. The lowest BCUT2D eigenvalue weighted by atomic mass is 9.96. The van der Waals surface area contributed by atoms with Gasteiger partial charge >= 0.3 is 0 Å². The van der Waals surface area contributed by atoms with Crippen molar-refractivity contribution in [2.75, 3.05) is 6.61 Å². The number of thiophene rings is 1. The van der Waals surface area contributed by atoms with Crippen LogP contribution in [0.2, 0.25) is 0 Å². The number of carbonyl (C=O) groups is 2. The number of ketones is 1. The average molecular weight is 447 g/mol. The summed E-state index contributed by atoms with van der Waals surface area (Å²) >= 11 is 1.47. The fraction of sp³-hybridized carbons (Fsp3) is 0.240. The van der Waals surface area contributed by atoms with Crippen LogP contribution in [-0.2, 0) is 22.6 Å². The number of ether oxygens (including phenoxy) is 1. The lowest BCUT2D eigenvalue weighted by Gasteiger charge is -2.24. The molecule has 1 N–H and O–H groups in total. The Hall–Kier alpha value is -3.45. The van der Waals surface area contributed by atoms with Gasteiger partial charge in [-0.05, 0) is 72.7 Å². The van der Waals surface area contributed by atoms with E-state index in [-0.39, 0.29) is 17.9 Å². The number of nitrogens with zero attached hydrogens (tertiary/aromatic N) is 2. The number of aliphatic hydroxyl groups is 1. The molecule has 3 aromatic rings. The molecule has 1 aromatic carbocycles. The van der Waals surface area contributed by atoms with Crippen molar-refractivity contribution < 1.29 is 19.4 Å². The smallest absolute Gasteiger partial charge is 0.296 e. The summed E-state index contributed by atoms with van der Waals surface area (Å²) in [5.41, 5.74) is 3.28. The van der Waals surface area contributed by atoms with Crippen molar-refractivity contribution in [1.29, 1.82) is 0 Å². The minimum absolute atomic E-state index is 0.119. The Morgan fingerprint density at radius 2 is 2.12 bits per heavy atom. The topological polar surface area (TPSA) is 79.7 Å². The van der Waals surface area contributed by atoms with Gasteiger partial charge in [-0.2, -0.15) is 0 Å². The Balaban J connectivity index is 1.63. The standard InChI is InChI=1S/C25H22N2O4S/c1-15-9-12-32-24(15)21-20(22(28)17-7-8-19-16(13-17)5-4-11-31-19)23(29)25(30)27(21)14-18-6-2-3-10-26-18/h2-3,6-10,12-13,21,28H,4-5,11,14H2,1H3/b22-20-. The molecule has 2 aliphatic heterocycles. The van der Waals surface area contributed by atoms with Gasteiger partial charge in [-0.25, -0.2) is 0 Å². The highest BCUT2D eigenvalue weighted by atomic mass is 32.1. The number of aromatic nitrogens is 1. The second-order valence-electron chi connectivity index (χ2n) is 7.99. The van der Waals surface area contributed by atoms with Crippen LogP contribution in [0.5, 0.6) is 5.75 Å². The zero-order valence-corrected chi connectivity index (χ0v) is 18.4. The molecule has 0 radical (unpaired) electrons. The fourth-order valence-electron chi connectivity index (χ4n) is 4.31. The van der Waals surface area contributed by atoms with Gasteiger partial charge in [0.25, 0.3) is 11.7 Å².